The molecule has 0 bridgehead atoms. The summed E-state index contributed by atoms with van der Waals surface area (Å²) in [7, 11) is 0. The minimum atomic E-state index is -0.337. The topological polar surface area (TPSA) is 35.5 Å². The van der Waals surface area contributed by atoms with Gasteiger partial charge in [-0.2, -0.15) is 0 Å². The van der Waals surface area contributed by atoms with Crippen molar-refractivity contribution in [1.82, 2.24) is 0 Å². The Bertz CT molecular complexity index is 589. The van der Waals surface area contributed by atoms with Gasteiger partial charge in [0, 0.05) is 12.0 Å². The second kappa shape index (κ2) is 8.07. The molecule has 0 heterocycles. The zero-order valence-electron chi connectivity index (χ0n) is 16.1. The van der Waals surface area contributed by atoms with Crippen LogP contribution in [0.4, 0.5) is 0 Å². The van der Waals surface area contributed by atoms with Crippen LogP contribution in [0.5, 0.6) is 0 Å². The van der Waals surface area contributed by atoms with Gasteiger partial charge in [-0.1, -0.05) is 45.1 Å². The lowest BCUT2D eigenvalue weighted by atomic mass is 9.81. The average Bonchev–Trinajstić information content (AvgIpc) is 2.56. The van der Waals surface area contributed by atoms with Gasteiger partial charge in [0.1, 0.15) is 12.2 Å². The Balaban J connectivity index is 2.06. The maximum absolute atomic E-state index is 12.0. The summed E-state index contributed by atoms with van der Waals surface area (Å²) in [6.45, 7) is 16.0. The highest BCUT2D eigenvalue weighted by molar-refractivity contribution is 5.87. The maximum Gasteiger partial charge on any atom is 0.333 e. The molecule has 0 saturated heterocycles. The van der Waals surface area contributed by atoms with E-state index in [4.69, 9.17) is 9.47 Å². The van der Waals surface area contributed by atoms with Crippen LogP contribution < -0.4 is 0 Å². The fraction of sp³-hybridized carbons (Fsp3) is 0.591. The Labute approximate surface area is 152 Å². The molecule has 2 aliphatic carbocycles. The van der Waals surface area contributed by atoms with Crippen molar-refractivity contribution >= 4 is 5.97 Å². The minimum Gasteiger partial charge on any atom is -0.491 e. The Morgan fingerprint density at radius 2 is 1.92 bits per heavy atom. The van der Waals surface area contributed by atoms with Gasteiger partial charge in [-0.25, -0.2) is 4.79 Å². The van der Waals surface area contributed by atoms with E-state index in [1.165, 1.54) is 5.57 Å². The fourth-order valence-corrected chi connectivity index (χ4v) is 3.38. The van der Waals surface area contributed by atoms with Crippen molar-refractivity contribution in [2.24, 2.45) is 11.3 Å². The predicted octanol–water partition coefficient (Wildman–Crippen LogP) is 5.50. The van der Waals surface area contributed by atoms with E-state index in [0.717, 1.165) is 37.9 Å². The highest BCUT2D eigenvalue weighted by Crippen LogP contribution is 2.36. The number of allylic oxidation sites excluding steroid dienone is 5. The summed E-state index contributed by atoms with van der Waals surface area (Å²) < 4.78 is 11.9. The number of ether oxygens (including phenoxy) is 2. The SMILES string of the molecule is C=CC1CCC(OC2=CC=C(C(C)(C)C)CC2)C(OC(=O)C(=C)C)C1. The number of carbonyl (C=O) groups excluding carboxylic acids is 1. The zero-order chi connectivity index (χ0) is 18.6. The molecule has 3 nitrogen and oxygen atoms in total. The molecular weight excluding hydrogens is 312 g/mol. The fourth-order valence-electron chi connectivity index (χ4n) is 3.38. The van der Waals surface area contributed by atoms with E-state index in [0.29, 0.717) is 11.5 Å². The van der Waals surface area contributed by atoms with E-state index >= 15 is 0 Å². The predicted molar refractivity (Wildman–Crippen MR) is 102 cm³/mol. The summed E-state index contributed by atoms with van der Waals surface area (Å²) in [5.41, 5.74) is 2.07. The molecule has 25 heavy (non-hydrogen) atoms. The van der Waals surface area contributed by atoms with Crippen LogP contribution in [0.1, 0.15) is 59.8 Å². The van der Waals surface area contributed by atoms with Crippen molar-refractivity contribution in [2.45, 2.75) is 72.0 Å². The van der Waals surface area contributed by atoms with Gasteiger partial charge >= 0.3 is 5.97 Å². The van der Waals surface area contributed by atoms with Crippen LogP contribution in [0.15, 0.2) is 48.3 Å². The summed E-state index contributed by atoms with van der Waals surface area (Å²) in [6.07, 6.45) is 10.5. The molecule has 138 valence electrons. The molecule has 0 spiro atoms. The van der Waals surface area contributed by atoms with Crippen LogP contribution in [0, 0.1) is 11.3 Å². The molecule has 1 fully saturated rings. The average molecular weight is 344 g/mol. The monoisotopic (exact) mass is 344 g/mol. The molecule has 0 aromatic carbocycles. The van der Waals surface area contributed by atoms with Crippen molar-refractivity contribution in [3.8, 4) is 0 Å². The van der Waals surface area contributed by atoms with Crippen LogP contribution in [0.25, 0.3) is 0 Å². The second-order valence-corrected chi connectivity index (χ2v) is 8.26. The van der Waals surface area contributed by atoms with Crippen LogP contribution in [-0.4, -0.2) is 18.2 Å². The normalized spacial score (nSPS) is 27.0. The minimum absolute atomic E-state index is 0.0877. The van der Waals surface area contributed by atoms with Gasteiger partial charge in [0.15, 0.2) is 0 Å². The van der Waals surface area contributed by atoms with Crippen LogP contribution in [-0.2, 0) is 14.3 Å². The first-order valence-corrected chi connectivity index (χ1v) is 9.26. The molecule has 0 aromatic heterocycles. The van der Waals surface area contributed by atoms with Gasteiger partial charge in [0.25, 0.3) is 0 Å². The number of esters is 1. The Morgan fingerprint density at radius 3 is 2.44 bits per heavy atom. The summed E-state index contributed by atoms with van der Waals surface area (Å²) in [5.74, 6) is 1.03. The van der Waals surface area contributed by atoms with E-state index in [9.17, 15) is 4.79 Å². The zero-order valence-corrected chi connectivity index (χ0v) is 16.1. The van der Waals surface area contributed by atoms with Gasteiger partial charge in [-0.15, -0.1) is 6.58 Å². The van der Waals surface area contributed by atoms with E-state index in [1.807, 2.05) is 6.08 Å². The summed E-state index contributed by atoms with van der Waals surface area (Å²) in [5, 5.41) is 0. The van der Waals surface area contributed by atoms with E-state index < -0.39 is 0 Å². The lowest BCUT2D eigenvalue weighted by molar-refractivity contribution is -0.155. The first-order valence-electron chi connectivity index (χ1n) is 9.26. The Kier molecular flexibility index (Phi) is 6.31. The molecule has 0 N–H and O–H groups in total. The number of hydrogen-bond donors (Lipinski definition) is 0. The molecule has 0 aliphatic heterocycles. The van der Waals surface area contributed by atoms with Crippen molar-refractivity contribution in [3.05, 3.63) is 48.3 Å². The van der Waals surface area contributed by atoms with E-state index in [2.05, 4.69) is 46.1 Å². The molecule has 3 unspecified atom stereocenters. The largest absolute Gasteiger partial charge is 0.491 e. The summed E-state index contributed by atoms with van der Waals surface area (Å²) >= 11 is 0. The first kappa shape index (κ1) is 19.6. The molecule has 0 amide bonds. The Hall–Kier alpha value is -1.77. The van der Waals surface area contributed by atoms with Crippen molar-refractivity contribution in [2.75, 3.05) is 0 Å². The first-order chi connectivity index (χ1) is 11.7. The smallest absolute Gasteiger partial charge is 0.333 e. The molecule has 0 radical (unpaired) electrons. The van der Waals surface area contributed by atoms with Gasteiger partial charge < -0.3 is 9.47 Å². The number of hydrogen-bond acceptors (Lipinski definition) is 3. The van der Waals surface area contributed by atoms with Crippen molar-refractivity contribution in [1.29, 1.82) is 0 Å². The molecular formula is C22H32O3. The lowest BCUT2D eigenvalue weighted by Gasteiger charge is -2.36. The van der Waals surface area contributed by atoms with Crippen LogP contribution in [0.3, 0.4) is 0 Å². The third-order valence-corrected chi connectivity index (χ3v) is 5.09. The highest BCUT2D eigenvalue weighted by Gasteiger charge is 2.34. The summed E-state index contributed by atoms with van der Waals surface area (Å²) in [4.78, 5) is 12.0. The van der Waals surface area contributed by atoms with Crippen molar-refractivity contribution in [3.63, 3.8) is 0 Å². The third-order valence-electron chi connectivity index (χ3n) is 5.09. The second-order valence-electron chi connectivity index (χ2n) is 8.26. The quantitative estimate of drug-likeness (QED) is 0.375. The van der Waals surface area contributed by atoms with Gasteiger partial charge in [0.05, 0.1) is 5.76 Å². The van der Waals surface area contributed by atoms with Crippen LogP contribution >= 0.6 is 0 Å². The standard InChI is InChI=1S/C22H32O3/c1-7-16-8-13-19(20(14-16)25-21(23)15(2)3)24-18-11-9-17(10-12-18)22(4,5)6/h7,9,11,16,19-20H,1-2,8,10,12-14H2,3-6H3. The van der Waals surface area contributed by atoms with Gasteiger partial charge in [-0.3, -0.25) is 0 Å². The molecule has 1 saturated carbocycles. The van der Waals surface area contributed by atoms with Crippen LogP contribution in [0.2, 0.25) is 0 Å². The molecule has 0 aromatic rings. The molecule has 2 rings (SSSR count). The number of carbonyl (C=O) groups is 1. The molecule has 2 aliphatic rings. The highest BCUT2D eigenvalue weighted by atomic mass is 16.6. The third kappa shape index (κ3) is 5.35. The molecule has 3 atom stereocenters. The van der Waals surface area contributed by atoms with Gasteiger partial charge in [-0.05, 0) is 50.0 Å². The summed E-state index contributed by atoms with van der Waals surface area (Å²) in [6, 6.07) is 0. The van der Waals surface area contributed by atoms with Crippen molar-refractivity contribution < 1.29 is 14.3 Å². The van der Waals surface area contributed by atoms with Gasteiger partial charge in [0.2, 0.25) is 0 Å². The lowest BCUT2D eigenvalue weighted by Crippen LogP contribution is -2.39. The maximum atomic E-state index is 12.0. The van der Waals surface area contributed by atoms with E-state index in [1.54, 1.807) is 6.92 Å². The van der Waals surface area contributed by atoms with E-state index in [-0.39, 0.29) is 23.6 Å². The molecule has 3 heteroatoms. The number of rotatable bonds is 5. The Morgan fingerprint density at radius 1 is 1.20 bits per heavy atom.